The van der Waals surface area contributed by atoms with Gasteiger partial charge >= 0.3 is 7.12 Å². The van der Waals surface area contributed by atoms with E-state index in [1.165, 1.54) is 0 Å². The molecule has 0 amide bonds. The maximum absolute atomic E-state index is 6.06. The van der Waals surface area contributed by atoms with Crippen molar-refractivity contribution in [1.29, 1.82) is 0 Å². The molecule has 2 aliphatic rings. The monoisotopic (exact) mass is 279 g/mol. The van der Waals surface area contributed by atoms with E-state index in [1.807, 2.05) is 27.7 Å². The van der Waals surface area contributed by atoms with Crippen LogP contribution in [-0.2, 0) is 14.0 Å². The van der Waals surface area contributed by atoms with E-state index in [-0.39, 0.29) is 17.4 Å². The number of hydrogen-bond acceptors (Lipinski definition) is 5. The molecule has 0 saturated carbocycles. The fourth-order valence-electron chi connectivity index (χ4n) is 2.52. The normalized spacial score (nSPS) is 28.8. The van der Waals surface area contributed by atoms with Gasteiger partial charge in [-0.15, -0.1) is 5.10 Å². The molecule has 1 atom stereocenters. The van der Waals surface area contributed by atoms with Gasteiger partial charge in [0.25, 0.3) is 0 Å². The Bertz CT molecular complexity index is 467. The molecule has 0 radical (unpaired) electrons. The van der Waals surface area contributed by atoms with Crippen molar-refractivity contribution in [1.82, 2.24) is 15.0 Å². The summed E-state index contributed by atoms with van der Waals surface area (Å²) in [4.78, 5) is 0. The zero-order valence-electron chi connectivity index (χ0n) is 12.6. The highest BCUT2D eigenvalue weighted by Crippen LogP contribution is 2.36. The van der Waals surface area contributed by atoms with Gasteiger partial charge in [0.2, 0.25) is 0 Å². The average molecular weight is 279 g/mol. The Hall–Kier alpha value is -0.915. The summed E-state index contributed by atoms with van der Waals surface area (Å²) in [5.74, 6) is 0. The lowest BCUT2D eigenvalue weighted by atomic mass is 9.85. The van der Waals surface area contributed by atoms with Gasteiger partial charge in [-0.05, 0) is 47.0 Å². The van der Waals surface area contributed by atoms with Crippen LogP contribution in [0.2, 0.25) is 0 Å². The Labute approximate surface area is 119 Å². The van der Waals surface area contributed by atoms with E-state index in [0.717, 1.165) is 31.5 Å². The van der Waals surface area contributed by atoms with Gasteiger partial charge in [0.05, 0.1) is 23.0 Å². The van der Waals surface area contributed by atoms with Gasteiger partial charge in [-0.3, -0.25) is 0 Å². The van der Waals surface area contributed by atoms with Gasteiger partial charge in [0, 0.05) is 6.61 Å². The van der Waals surface area contributed by atoms with E-state index < -0.39 is 7.12 Å². The molecule has 1 aromatic rings. The summed E-state index contributed by atoms with van der Waals surface area (Å²) in [5, 5.41) is 8.17. The maximum atomic E-state index is 6.06. The lowest BCUT2D eigenvalue weighted by Crippen LogP contribution is -2.42. The van der Waals surface area contributed by atoms with Crippen molar-refractivity contribution >= 4 is 12.7 Å². The van der Waals surface area contributed by atoms with Crippen molar-refractivity contribution in [3.8, 4) is 0 Å². The number of aromatic nitrogens is 3. The van der Waals surface area contributed by atoms with Gasteiger partial charge in [0.1, 0.15) is 0 Å². The van der Waals surface area contributed by atoms with Crippen LogP contribution in [0.4, 0.5) is 0 Å². The second kappa shape index (κ2) is 4.82. The molecular formula is C13H22BN3O3. The van der Waals surface area contributed by atoms with E-state index in [0.29, 0.717) is 0 Å². The molecule has 1 unspecified atom stereocenters. The van der Waals surface area contributed by atoms with Crippen LogP contribution in [0.3, 0.4) is 0 Å². The highest BCUT2D eigenvalue weighted by atomic mass is 16.7. The zero-order valence-corrected chi connectivity index (χ0v) is 12.6. The molecule has 110 valence electrons. The van der Waals surface area contributed by atoms with Crippen molar-refractivity contribution in [2.24, 2.45) is 0 Å². The Morgan fingerprint density at radius 3 is 2.50 bits per heavy atom. The Morgan fingerprint density at radius 1 is 1.20 bits per heavy atom. The van der Waals surface area contributed by atoms with Crippen molar-refractivity contribution in [3.63, 3.8) is 0 Å². The van der Waals surface area contributed by atoms with Gasteiger partial charge in [-0.2, -0.15) is 0 Å². The summed E-state index contributed by atoms with van der Waals surface area (Å²) < 4.78 is 19.7. The Morgan fingerprint density at radius 2 is 1.90 bits per heavy atom. The van der Waals surface area contributed by atoms with Crippen molar-refractivity contribution in [2.75, 3.05) is 6.61 Å². The van der Waals surface area contributed by atoms with E-state index in [4.69, 9.17) is 14.0 Å². The number of rotatable bonds is 2. The predicted molar refractivity (Wildman–Crippen MR) is 74.6 cm³/mol. The fraction of sp³-hybridized carbons (Fsp3) is 0.846. The van der Waals surface area contributed by atoms with E-state index in [9.17, 15) is 0 Å². The molecule has 1 aromatic heterocycles. The van der Waals surface area contributed by atoms with Crippen LogP contribution in [0.5, 0.6) is 0 Å². The molecular weight excluding hydrogens is 257 g/mol. The quantitative estimate of drug-likeness (QED) is 0.763. The van der Waals surface area contributed by atoms with Crippen LogP contribution >= 0.6 is 0 Å². The second-order valence-corrected chi connectivity index (χ2v) is 6.51. The summed E-state index contributed by atoms with van der Waals surface area (Å²) in [7, 11) is -0.444. The van der Waals surface area contributed by atoms with E-state index in [1.54, 1.807) is 10.9 Å². The number of hydrogen-bond donors (Lipinski definition) is 0. The smallest absolute Gasteiger partial charge is 0.398 e. The first-order chi connectivity index (χ1) is 9.41. The first-order valence-electron chi connectivity index (χ1n) is 7.28. The maximum Gasteiger partial charge on any atom is 0.516 e. The molecule has 2 saturated heterocycles. The van der Waals surface area contributed by atoms with Crippen LogP contribution in [0.25, 0.3) is 0 Å². The minimum Gasteiger partial charge on any atom is -0.398 e. The third kappa shape index (κ3) is 2.27. The van der Waals surface area contributed by atoms with Gasteiger partial charge < -0.3 is 14.0 Å². The number of ether oxygens (including phenoxy) is 1. The summed E-state index contributed by atoms with van der Waals surface area (Å²) in [6.07, 6.45) is 4.86. The van der Waals surface area contributed by atoms with Gasteiger partial charge in [-0.25, -0.2) is 4.68 Å². The number of nitrogens with zero attached hydrogens (tertiary/aromatic N) is 3. The molecule has 3 heterocycles. The molecule has 3 rings (SSSR count). The fourth-order valence-corrected chi connectivity index (χ4v) is 2.52. The van der Waals surface area contributed by atoms with Gasteiger partial charge in [-0.1, -0.05) is 5.21 Å². The average Bonchev–Trinajstić information content (AvgIpc) is 2.94. The van der Waals surface area contributed by atoms with Crippen LogP contribution in [0, 0.1) is 0 Å². The summed E-state index contributed by atoms with van der Waals surface area (Å²) in [5.41, 5.74) is 0.107. The molecule has 2 fully saturated rings. The summed E-state index contributed by atoms with van der Waals surface area (Å²) in [6, 6.07) is 0. The molecule has 0 aromatic carbocycles. The minimum absolute atomic E-state index is 0.0553. The molecule has 0 aliphatic carbocycles. The Balaban J connectivity index is 1.84. The Kier molecular flexibility index (Phi) is 3.39. The molecule has 7 heteroatoms. The molecule has 0 N–H and O–H groups in total. The van der Waals surface area contributed by atoms with Crippen LogP contribution < -0.4 is 5.59 Å². The first kappa shape index (κ1) is 14.0. The minimum atomic E-state index is -0.444. The van der Waals surface area contributed by atoms with E-state index in [2.05, 4.69) is 10.3 Å². The molecule has 2 aliphatic heterocycles. The SMILES string of the molecule is CC1(C)OB(c2cnnn2C2CCCCO2)OC1(C)C. The zero-order chi connectivity index (χ0) is 14.4. The summed E-state index contributed by atoms with van der Waals surface area (Å²) in [6.45, 7) is 8.93. The third-order valence-electron chi connectivity index (χ3n) is 4.53. The predicted octanol–water partition coefficient (Wildman–Crippen LogP) is 1.28. The first-order valence-corrected chi connectivity index (χ1v) is 7.28. The lowest BCUT2D eigenvalue weighted by Gasteiger charge is -2.32. The topological polar surface area (TPSA) is 58.4 Å². The third-order valence-corrected chi connectivity index (χ3v) is 4.53. The second-order valence-electron chi connectivity index (χ2n) is 6.51. The lowest BCUT2D eigenvalue weighted by molar-refractivity contribution is -0.0390. The molecule has 6 nitrogen and oxygen atoms in total. The van der Waals surface area contributed by atoms with E-state index >= 15 is 0 Å². The van der Waals surface area contributed by atoms with Gasteiger partial charge in [0.15, 0.2) is 6.23 Å². The van der Waals surface area contributed by atoms with Crippen LogP contribution in [-0.4, -0.2) is 39.9 Å². The van der Waals surface area contributed by atoms with Crippen molar-refractivity contribution < 1.29 is 14.0 Å². The summed E-state index contributed by atoms with van der Waals surface area (Å²) >= 11 is 0. The van der Waals surface area contributed by atoms with Crippen LogP contribution in [0.1, 0.15) is 53.2 Å². The molecule has 20 heavy (non-hydrogen) atoms. The van der Waals surface area contributed by atoms with Crippen molar-refractivity contribution in [3.05, 3.63) is 6.20 Å². The highest BCUT2D eigenvalue weighted by molar-refractivity contribution is 6.61. The highest BCUT2D eigenvalue weighted by Gasteiger charge is 2.53. The molecule has 0 spiro atoms. The van der Waals surface area contributed by atoms with Crippen LogP contribution in [0.15, 0.2) is 6.20 Å². The standard InChI is InChI=1S/C13H22BN3O3/c1-12(2)13(3,4)20-14(19-12)10-9-15-16-17(10)11-7-5-6-8-18-11/h9,11H,5-8H2,1-4H3. The molecule has 0 bridgehead atoms. The largest absolute Gasteiger partial charge is 0.516 e. The van der Waals surface area contributed by atoms with Crippen molar-refractivity contribution in [2.45, 2.75) is 64.4 Å².